The Bertz CT molecular complexity index is 341. The lowest BCUT2D eigenvalue weighted by Crippen LogP contribution is -2.16. The van der Waals surface area contributed by atoms with Crippen molar-refractivity contribution < 1.29 is 4.79 Å². The largest absolute Gasteiger partial charge is 0.293 e. The van der Waals surface area contributed by atoms with E-state index in [1.165, 1.54) is 13.0 Å². The number of H-pyrrole nitrogens is 1. The van der Waals surface area contributed by atoms with Crippen molar-refractivity contribution in [2.45, 2.75) is 13.8 Å². The van der Waals surface area contributed by atoms with Crippen LogP contribution in [0.15, 0.2) is 10.9 Å². The number of Topliss-reactive ketones (excluding diaryl/α,β-unsaturated/α-hetero) is 1. The predicted molar refractivity (Wildman–Crippen MR) is 39.6 cm³/mol. The zero-order valence-electron chi connectivity index (χ0n) is 6.34. The van der Waals surface area contributed by atoms with E-state index in [4.69, 9.17) is 0 Å². The van der Waals surface area contributed by atoms with Gasteiger partial charge in [0.25, 0.3) is 0 Å². The maximum absolute atomic E-state index is 11.0. The van der Waals surface area contributed by atoms with Gasteiger partial charge in [-0.25, -0.2) is 0 Å². The number of aromatic nitrogens is 2. The molecule has 0 saturated carbocycles. The first-order chi connectivity index (χ1) is 5.11. The highest BCUT2D eigenvalue weighted by Crippen LogP contribution is 1.87. The highest BCUT2D eigenvalue weighted by Gasteiger charge is 2.05. The molecule has 1 aromatic rings. The van der Waals surface area contributed by atoms with Gasteiger partial charge in [0, 0.05) is 18.7 Å². The second-order valence-corrected chi connectivity index (χ2v) is 2.32. The second-order valence-electron chi connectivity index (χ2n) is 2.32. The highest BCUT2D eigenvalue weighted by atomic mass is 16.1. The topological polar surface area (TPSA) is 62.8 Å². The first kappa shape index (κ1) is 7.65. The van der Waals surface area contributed by atoms with E-state index in [0.29, 0.717) is 5.69 Å². The summed E-state index contributed by atoms with van der Waals surface area (Å²) in [7, 11) is 0. The van der Waals surface area contributed by atoms with Crippen LogP contribution in [0.2, 0.25) is 0 Å². The Morgan fingerprint density at radius 2 is 2.27 bits per heavy atom. The SMILES string of the molecule is CC(=O)c1n[nH]c(C)cc1=O. The summed E-state index contributed by atoms with van der Waals surface area (Å²) in [5, 5.41) is 6.14. The van der Waals surface area contributed by atoms with Crippen molar-refractivity contribution in [3.63, 3.8) is 0 Å². The van der Waals surface area contributed by atoms with Crippen molar-refractivity contribution in [1.82, 2.24) is 10.2 Å². The van der Waals surface area contributed by atoms with Crippen LogP contribution in [0.3, 0.4) is 0 Å². The molecule has 0 aliphatic rings. The molecule has 1 N–H and O–H groups in total. The lowest BCUT2D eigenvalue weighted by atomic mass is 10.3. The molecule has 0 spiro atoms. The van der Waals surface area contributed by atoms with Crippen LogP contribution in [0.4, 0.5) is 0 Å². The van der Waals surface area contributed by atoms with Gasteiger partial charge in [0.15, 0.2) is 11.5 Å². The number of hydrogen-bond donors (Lipinski definition) is 1. The predicted octanol–water partition coefficient (Wildman–Crippen LogP) is 0.281. The molecule has 1 heterocycles. The zero-order valence-corrected chi connectivity index (χ0v) is 6.34. The number of ketones is 1. The van der Waals surface area contributed by atoms with Gasteiger partial charge >= 0.3 is 0 Å². The molecule has 0 bridgehead atoms. The van der Waals surface area contributed by atoms with E-state index in [0.717, 1.165) is 0 Å². The molecule has 0 aromatic carbocycles. The van der Waals surface area contributed by atoms with Crippen molar-refractivity contribution in [2.75, 3.05) is 0 Å². The van der Waals surface area contributed by atoms with E-state index in [9.17, 15) is 9.59 Å². The normalized spacial score (nSPS) is 9.64. The van der Waals surface area contributed by atoms with Crippen LogP contribution in [0.25, 0.3) is 0 Å². The van der Waals surface area contributed by atoms with Crippen molar-refractivity contribution in [1.29, 1.82) is 0 Å². The van der Waals surface area contributed by atoms with Gasteiger partial charge in [-0.15, -0.1) is 0 Å². The molecule has 0 aliphatic carbocycles. The van der Waals surface area contributed by atoms with Crippen molar-refractivity contribution in [2.24, 2.45) is 0 Å². The fourth-order valence-corrected chi connectivity index (χ4v) is 0.749. The Balaban J connectivity index is 3.32. The second kappa shape index (κ2) is 2.65. The fourth-order valence-electron chi connectivity index (χ4n) is 0.749. The quantitative estimate of drug-likeness (QED) is 0.588. The zero-order chi connectivity index (χ0) is 8.43. The van der Waals surface area contributed by atoms with Crippen LogP contribution in [-0.4, -0.2) is 16.0 Å². The lowest BCUT2D eigenvalue weighted by molar-refractivity contribution is 0.101. The molecule has 1 rings (SSSR count). The Labute approximate surface area is 63.3 Å². The first-order valence-corrected chi connectivity index (χ1v) is 3.18. The highest BCUT2D eigenvalue weighted by molar-refractivity contribution is 5.91. The third-order valence-electron chi connectivity index (χ3n) is 1.26. The standard InChI is InChI=1S/C7H8N2O2/c1-4-3-6(11)7(5(2)10)9-8-4/h3H,1-2H3,(H,8,11). The average Bonchev–Trinajstić information content (AvgIpc) is 1.85. The fraction of sp³-hybridized carbons (Fsp3) is 0.286. The number of nitrogens with one attached hydrogen (secondary N) is 1. The smallest absolute Gasteiger partial charge is 0.211 e. The van der Waals surface area contributed by atoms with E-state index < -0.39 is 0 Å². The first-order valence-electron chi connectivity index (χ1n) is 3.18. The maximum atomic E-state index is 11.0. The summed E-state index contributed by atoms with van der Waals surface area (Å²) in [4.78, 5) is 21.7. The number of rotatable bonds is 1. The van der Waals surface area contributed by atoms with Gasteiger partial charge < -0.3 is 0 Å². The Hall–Kier alpha value is -1.45. The van der Waals surface area contributed by atoms with Crippen LogP contribution in [0.5, 0.6) is 0 Å². The van der Waals surface area contributed by atoms with Crippen LogP contribution in [-0.2, 0) is 0 Å². The number of hydrogen-bond acceptors (Lipinski definition) is 3. The number of nitrogens with zero attached hydrogens (tertiary/aromatic N) is 1. The van der Waals surface area contributed by atoms with Crippen molar-refractivity contribution >= 4 is 5.78 Å². The minimum absolute atomic E-state index is 0.0319. The molecule has 0 aliphatic heterocycles. The van der Waals surface area contributed by atoms with Gasteiger partial charge in [0.1, 0.15) is 0 Å². The number of carbonyl (C=O) groups is 1. The third-order valence-corrected chi connectivity index (χ3v) is 1.26. The van der Waals surface area contributed by atoms with Gasteiger partial charge in [0.05, 0.1) is 0 Å². The molecule has 0 radical (unpaired) electrons. The molecule has 1 aromatic heterocycles. The molecule has 58 valence electrons. The molecule has 0 amide bonds. The molecule has 4 nitrogen and oxygen atoms in total. The lowest BCUT2D eigenvalue weighted by Gasteiger charge is -1.93. The number of carbonyl (C=O) groups excluding carboxylic acids is 1. The average molecular weight is 152 g/mol. The summed E-state index contributed by atoms with van der Waals surface area (Å²) in [6, 6.07) is 1.35. The molecule has 0 unspecified atom stereocenters. The summed E-state index contributed by atoms with van der Waals surface area (Å²) in [6.45, 7) is 3.02. The van der Waals surface area contributed by atoms with Gasteiger partial charge in [-0.05, 0) is 6.92 Å². The molecule has 11 heavy (non-hydrogen) atoms. The van der Waals surface area contributed by atoms with Gasteiger partial charge in [-0.1, -0.05) is 0 Å². The summed E-state index contributed by atoms with van der Waals surface area (Å²) in [5.41, 5.74) is 0.296. The molecular weight excluding hydrogens is 144 g/mol. The van der Waals surface area contributed by atoms with Gasteiger partial charge in [0.2, 0.25) is 5.43 Å². The van der Waals surface area contributed by atoms with Crippen LogP contribution in [0.1, 0.15) is 23.1 Å². The van der Waals surface area contributed by atoms with Crippen molar-refractivity contribution in [3.8, 4) is 0 Å². The molecule has 0 saturated heterocycles. The summed E-state index contributed by atoms with van der Waals surface area (Å²) in [5.74, 6) is -0.314. The minimum Gasteiger partial charge on any atom is -0.293 e. The van der Waals surface area contributed by atoms with Crippen LogP contribution in [0, 0.1) is 6.92 Å². The van der Waals surface area contributed by atoms with E-state index >= 15 is 0 Å². The monoisotopic (exact) mass is 152 g/mol. The van der Waals surface area contributed by atoms with E-state index in [1.54, 1.807) is 6.92 Å². The van der Waals surface area contributed by atoms with Crippen LogP contribution < -0.4 is 5.43 Å². The molecule has 0 fully saturated rings. The van der Waals surface area contributed by atoms with E-state index in [-0.39, 0.29) is 16.9 Å². The molecular formula is C7H8N2O2. The minimum atomic E-state index is -0.325. The summed E-state index contributed by atoms with van der Waals surface area (Å²) >= 11 is 0. The molecule has 4 heteroatoms. The summed E-state index contributed by atoms with van der Waals surface area (Å²) in [6.07, 6.45) is 0. The van der Waals surface area contributed by atoms with Gasteiger partial charge in [-0.3, -0.25) is 14.7 Å². The van der Waals surface area contributed by atoms with E-state index in [1.807, 2.05) is 0 Å². The van der Waals surface area contributed by atoms with Gasteiger partial charge in [-0.2, -0.15) is 5.10 Å². The third kappa shape index (κ3) is 1.52. The Morgan fingerprint density at radius 1 is 1.64 bits per heavy atom. The Morgan fingerprint density at radius 3 is 2.73 bits per heavy atom. The number of aryl methyl sites for hydroxylation is 1. The van der Waals surface area contributed by atoms with Crippen LogP contribution >= 0.6 is 0 Å². The molecule has 0 atom stereocenters. The van der Waals surface area contributed by atoms with Crippen molar-refractivity contribution in [3.05, 3.63) is 27.7 Å². The Kier molecular flexibility index (Phi) is 1.85. The van der Waals surface area contributed by atoms with E-state index in [2.05, 4.69) is 10.2 Å². The summed E-state index contributed by atoms with van der Waals surface area (Å²) < 4.78 is 0. The number of aromatic amines is 1. The maximum Gasteiger partial charge on any atom is 0.211 e.